The van der Waals surface area contributed by atoms with Crippen molar-refractivity contribution >= 4 is 5.97 Å². The van der Waals surface area contributed by atoms with Gasteiger partial charge in [0.15, 0.2) is 5.69 Å². The van der Waals surface area contributed by atoms with Gasteiger partial charge in [-0.1, -0.05) is 13.8 Å². The standard InChI is InChI=1S/C10H14N2O3/c1-7(2)5-6-12-9(13)4-3-8(11-12)10(14)15/h3-4,7H,5-6H2,1-2H3,(H,14,15). The SMILES string of the molecule is CC(C)CCn1nc(C(=O)O)ccc1=O. The van der Waals surface area contributed by atoms with Crippen molar-refractivity contribution in [1.29, 1.82) is 0 Å². The third kappa shape index (κ3) is 3.19. The van der Waals surface area contributed by atoms with Crippen LogP contribution in [0.15, 0.2) is 16.9 Å². The molecule has 1 rings (SSSR count). The van der Waals surface area contributed by atoms with Crippen molar-refractivity contribution < 1.29 is 9.90 Å². The molecular weight excluding hydrogens is 196 g/mol. The van der Waals surface area contributed by atoms with E-state index in [-0.39, 0.29) is 11.3 Å². The van der Waals surface area contributed by atoms with E-state index in [0.717, 1.165) is 6.42 Å². The van der Waals surface area contributed by atoms with Gasteiger partial charge in [0.05, 0.1) is 0 Å². The second-order valence-corrected chi connectivity index (χ2v) is 3.77. The Hall–Kier alpha value is -1.65. The van der Waals surface area contributed by atoms with Crippen LogP contribution in [0.25, 0.3) is 0 Å². The third-order valence-electron chi connectivity index (χ3n) is 2.00. The van der Waals surface area contributed by atoms with Crippen LogP contribution < -0.4 is 5.56 Å². The number of aromatic carboxylic acids is 1. The average molecular weight is 210 g/mol. The summed E-state index contributed by atoms with van der Waals surface area (Å²) >= 11 is 0. The van der Waals surface area contributed by atoms with Crippen LogP contribution in [0.2, 0.25) is 0 Å². The summed E-state index contributed by atoms with van der Waals surface area (Å²) in [5, 5.41) is 12.4. The second kappa shape index (κ2) is 4.72. The van der Waals surface area contributed by atoms with Crippen LogP contribution >= 0.6 is 0 Å². The Labute approximate surface area is 87.4 Å². The quantitative estimate of drug-likeness (QED) is 0.804. The van der Waals surface area contributed by atoms with Crippen molar-refractivity contribution in [3.8, 4) is 0 Å². The normalized spacial score (nSPS) is 10.6. The summed E-state index contributed by atoms with van der Waals surface area (Å²) in [4.78, 5) is 21.9. The minimum atomic E-state index is -1.12. The second-order valence-electron chi connectivity index (χ2n) is 3.77. The van der Waals surface area contributed by atoms with E-state index >= 15 is 0 Å². The smallest absolute Gasteiger partial charge is 0.356 e. The average Bonchev–Trinajstić information content (AvgIpc) is 2.16. The van der Waals surface area contributed by atoms with Crippen LogP contribution in [0.4, 0.5) is 0 Å². The summed E-state index contributed by atoms with van der Waals surface area (Å²) < 4.78 is 1.20. The van der Waals surface area contributed by atoms with Crippen molar-refractivity contribution in [2.24, 2.45) is 5.92 Å². The highest BCUT2D eigenvalue weighted by Crippen LogP contribution is 2.00. The molecule has 0 saturated carbocycles. The largest absolute Gasteiger partial charge is 0.476 e. The minimum absolute atomic E-state index is 0.0987. The summed E-state index contributed by atoms with van der Waals surface area (Å²) in [6, 6.07) is 2.45. The first kappa shape index (κ1) is 11.4. The predicted octanol–water partition coefficient (Wildman–Crippen LogP) is 0.988. The highest BCUT2D eigenvalue weighted by Gasteiger charge is 2.07. The van der Waals surface area contributed by atoms with Gasteiger partial charge in [-0.15, -0.1) is 0 Å². The Morgan fingerprint density at radius 2 is 2.20 bits per heavy atom. The molecule has 0 bridgehead atoms. The number of aromatic nitrogens is 2. The molecule has 0 unspecified atom stereocenters. The Bertz CT molecular complexity index is 409. The number of rotatable bonds is 4. The highest BCUT2D eigenvalue weighted by molar-refractivity contribution is 5.84. The van der Waals surface area contributed by atoms with Gasteiger partial charge in [-0.05, 0) is 18.4 Å². The maximum Gasteiger partial charge on any atom is 0.356 e. The van der Waals surface area contributed by atoms with Gasteiger partial charge in [-0.2, -0.15) is 5.10 Å². The van der Waals surface area contributed by atoms with Gasteiger partial charge in [0.25, 0.3) is 5.56 Å². The molecule has 82 valence electrons. The molecule has 5 heteroatoms. The van der Waals surface area contributed by atoms with Gasteiger partial charge in [0.1, 0.15) is 0 Å². The number of carboxylic acid groups (broad SMARTS) is 1. The summed E-state index contributed by atoms with van der Waals surface area (Å²) in [6.07, 6.45) is 0.802. The van der Waals surface area contributed by atoms with E-state index in [0.29, 0.717) is 12.5 Å². The molecule has 0 amide bonds. The van der Waals surface area contributed by atoms with Crippen molar-refractivity contribution in [2.45, 2.75) is 26.8 Å². The monoisotopic (exact) mass is 210 g/mol. The summed E-state index contributed by atoms with van der Waals surface area (Å²) in [7, 11) is 0. The molecule has 1 aromatic heterocycles. The van der Waals surface area contributed by atoms with E-state index < -0.39 is 5.97 Å². The lowest BCUT2D eigenvalue weighted by atomic mass is 10.1. The van der Waals surface area contributed by atoms with Crippen molar-refractivity contribution in [3.63, 3.8) is 0 Å². The Balaban J connectivity index is 2.91. The molecule has 5 nitrogen and oxygen atoms in total. The highest BCUT2D eigenvalue weighted by atomic mass is 16.4. The first-order chi connectivity index (χ1) is 7.00. The van der Waals surface area contributed by atoms with E-state index in [9.17, 15) is 9.59 Å². The molecule has 1 aromatic rings. The molecule has 0 atom stereocenters. The van der Waals surface area contributed by atoms with Crippen LogP contribution in [-0.4, -0.2) is 20.9 Å². The van der Waals surface area contributed by atoms with E-state index in [2.05, 4.69) is 5.10 Å². The topological polar surface area (TPSA) is 72.2 Å². The van der Waals surface area contributed by atoms with Crippen molar-refractivity contribution in [2.75, 3.05) is 0 Å². The third-order valence-corrected chi connectivity index (χ3v) is 2.00. The number of hydrogen-bond donors (Lipinski definition) is 1. The molecule has 0 aliphatic heterocycles. The van der Waals surface area contributed by atoms with Crippen molar-refractivity contribution in [1.82, 2.24) is 9.78 Å². The molecular formula is C10H14N2O3. The van der Waals surface area contributed by atoms with Gasteiger partial charge in [0, 0.05) is 12.6 Å². The fraction of sp³-hybridized carbons (Fsp3) is 0.500. The molecule has 0 radical (unpaired) electrons. The fourth-order valence-corrected chi connectivity index (χ4v) is 1.10. The fourth-order valence-electron chi connectivity index (χ4n) is 1.10. The molecule has 15 heavy (non-hydrogen) atoms. The van der Waals surface area contributed by atoms with Crippen molar-refractivity contribution in [3.05, 3.63) is 28.2 Å². The van der Waals surface area contributed by atoms with Crippen LogP contribution in [0, 0.1) is 5.92 Å². The zero-order valence-electron chi connectivity index (χ0n) is 8.80. The van der Waals surface area contributed by atoms with Crippen LogP contribution in [0.1, 0.15) is 30.8 Å². The van der Waals surface area contributed by atoms with E-state index in [1.165, 1.54) is 16.8 Å². The maximum atomic E-state index is 11.3. The molecule has 0 spiro atoms. The first-order valence-corrected chi connectivity index (χ1v) is 4.82. The first-order valence-electron chi connectivity index (χ1n) is 4.82. The molecule has 0 fully saturated rings. The van der Waals surface area contributed by atoms with Crippen LogP contribution in [0.3, 0.4) is 0 Å². The number of carbonyl (C=O) groups is 1. The molecule has 0 saturated heterocycles. The zero-order chi connectivity index (χ0) is 11.4. The molecule has 0 aliphatic carbocycles. The van der Waals surface area contributed by atoms with E-state index in [1.807, 2.05) is 13.8 Å². The van der Waals surface area contributed by atoms with Gasteiger partial charge in [-0.25, -0.2) is 9.48 Å². The van der Waals surface area contributed by atoms with Gasteiger partial charge >= 0.3 is 5.97 Å². The number of hydrogen-bond acceptors (Lipinski definition) is 3. The Kier molecular flexibility index (Phi) is 3.60. The summed E-state index contributed by atoms with van der Waals surface area (Å²) in [6.45, 7) is 4.52. The predicted molar refractivity (Wildman–Crippen MR) is 54.9 cm³/mol. The lowest BCUT2D eigenvalue weighted by Crippen LogP contribution is -2.24. The van der Waals surface area contributed by atoms with E-state index in [1.54, 1.807) is 0 Å². The zero-order valence-corrected chi connectivity index (χ0v) is 8.80. The Morgan fingerprint density at radius 1 is 1.53 bits per heavy atom. The van der Waals surface area contributed by atoms with Crippen LogP contribution in [-0.2, 0) is 6.54 Å². The van der Waals surface area contributed by atoms with Gasteiger partial charge < -0.3 is 5.11 Å². The molecule has 0 aliphatic rings. The van der Waals surface area contributed by atoms with Gasteiger partial charge in [0.2, 0.25) is 0 Å². The van der Waals surface area contributed by atoms with Crippen LogP contribution in [0.5, 0.6) is 0 Å². The summed E-state index contributed by atoms with van der Waals surface area (Å²) in [5.41, 5.74) is -0.362. The lowest BCUT2D eigenvalue weighted by molar-refractivity contribution is 0.0687. The van der Waals surface area contributed by atoms with E-state index in [4.69, 9.17) is 5.11 Å². The molecule has 1 N–H and O–H groups in total. The number of nitrogens with zero attached hydrogens (tertiary/aromatic N) is 2. The Morgan fingerprint density at radius 3 is 2.73 bits per heavy atom. The molecule has 1 heterocycles. The molecule has 0 aromatic carbocycles. The minimum Gasteiger partial charge on any atom is -0.476 e. The van der Waals surface area contributed by atoms with Gasteiger partial charge in [-0.3, -0.25) is 4.79 Å². The lowest BCUT2D eigenvalue weighted by Gasteiger charge is -2.06. The maximum absolute atomic E-state index is 11.3. The number of carboxylic acids is 1. The number of aryl methyl sites for hydroxylation is 1. The summed E-state index contributed by atoms with van der Waals surface area (Å²) in [5.74, 6) is -0.666.